The van der Waals surface area contributed by atoms with Gasteiger partial charge >= 0.3 is 0 Å². The average molecular weight is 271 g/mol. The summed E-state index contributed by atoms with van der Waals surface area (Å²) in [7, 11) is 0. The molecule has 1 aromatic carbocycles. The Kier molecular flexibility index (Phi) is 2.90. The Labute approximate surface area is 113 Å². The van der Waals surface area contributed by atoms with Crippen LogP contribution in [0.2, 0.25) is 0 Å². The highest BCUT2D eigenvalue weighted by molar-refractivity contribution is 5.65. The van der Waals surface area contributed by atoms with E-state index < -0.39 is 5.82 Å². The number of para-hydroxylation sites is 1. The van der Waals surface area contributed by atoms with Gasteiger partial charge in [-0.2, -0.15) is 4.98 Å². The van der Waals surface area contributed by atoms with Crippen molar-refractivity contribution in [1.29, 1.82) is 0 Å². The van der Waals surface area contributed by atoms with E-state index in [4.69, 9.17) is 4.52 Å². The minimum Gasteiger partial charge on any atom is -0.507 e. The normalized spacial score (nSPS) is 10.7. The SMILES string of the molecule is Cc1cccc(-c2nc(-c3ccc(F)cn3)no2)c1O. The fraction of sp³-hybridized carbons (Fsp3) is 0.0714. The van der Waals surface area contributed by atoms with Crippen molar-refractivity contribution in [3.8, 4) is 28.7 Å². The summed E-state index contributed by atoms with van der Waals surface area (Å²) >= 11 is 0. The topological polar surface area (TPSA) is 72.0 Å². The Morgan fingerprint density at radius 2 is 2.05 bits per heavy atom. The van der Waals surface area contributed by atoms with Gasteiger partial charge in [0.15, 0.2) is 0 Å². The van der Waals surface area contributed by atoms with Crippen molar-refractivity contribution in [3.63, 3.8) is 0 Å². The molecule has 0 atom stereocenters. The minimum atomic E-state index is -0.436. The van der Waals surface area contributed by atoms with Gasteiger partial charge in [-0.25, -0.2) is 9.37 Å². The van der Waals surface area contributed by atoms with Crippen molar-refractivity contribution in [1.82, 2.24) is 15.1 Å². The lowest BCUT2D eigenvalue weighted by atomic mass is 10.1. The molecule has 0 aliphatic carbocycles. The van der Waals surface area contributed by atoms with Crippen molar-refractivity contribution >= 4 is 0 Å². The molecule has 100 valence electrons. The Bertz CT molecular complexity index is 753. The summed E-state index contributed by atoms with van der Waals surface area (Å²) in [4.78, 5) is 8.03. The van der Waals surface area contributed by atoms with Crippen LogP contribution in [0.1, 0.15) is 5.56 Å². The van der Waals surface area contributed by atoms with E-state index in [-0.39, 0.29) is 17.5 Å². The number of benzene rings is 1. The zero-order valence-electron chi connectivity index (χ0n) is 10.5. The standard InChI is InChI=1S/C14H10FN3O2/c1-8-3-2-4-10(12(8)19)14-17-13(18-20-14)11-6-5-9(15)7-16-11/h2-7,19H,1H3. The molecule has 2 heterocycles. The first kappa shape index (κ1) is 12.3. The fourth-order valence-electron chi connectivity index (χ4n) is 1.78. The number of hydrogen-bond donors (Lipinski definition) is 1. The summed E-state index contributed by atoms with van der Waals surface area (Å²) in [5.41, 5.74) is 1.56. The van der Waals surface area contributed by atoms with Crippen LogP contribution in [-0.2, 0) is 0 Å². The van der Waals surface area contributed by atoms with E-state index in [1.807, 2.05) is 0 Å². The number of aromatic hydroxyl groups is 1. The molecule has 6 heteroatoms. The van der Waals surface area contributed by atoms with Gasteiger partial charge in [0, 0.05) is 0 Å². The molecule has 0 saturated carbocycles. The smallest absolute Gasteiger partial charge is 0.262 e. The number of phenolic OH excluding ortho intramolecular Hbond substituents is 1. The molecule has 2 aromatic heterocycles. The van der Waals surface area contributed by atoms with E-state index >= 15 is 0 Å². The van der Waals surface area contributed by atoms with E-state index in [9.17, 15) is 9.50 Å². The third kappa shape index (κ3) is 2.11. The molecular weight excluding hydrogens is 261 g/mol. The lowest BCUT2D eigenvalue weighted by Gasteiger charge is -2.01. The molecule has 0 radical (unpaired) electrons. The molecule has 1 N–H and O–H groups in total. The van der Waals surface area contributed by atoms with Crippen molar-refractivity contribution in [2.24, 2.45) is 0 Å². The number of aryl methyl sites for hydroxylation is 1. The summed E-state index contributed by atoms with van der Waals surface area (Å²) in [5, 5.41) is 13.8. The molecular formula is C14H10FN3O2. The highest BCUT2D eigenvalue weighted by atomic mass is 19.1. The van der Waals surface area contributed by atoms with Gasteiger partial charge in [-0.15, -0.1) is 0 Å². The molecule has 0 bridgehead atoms. The average Bonchev–Trinajstić information content (AvgIpc) is 2.92. The second-order valence-electron chi connectivity index (χ2n) is 4.26. The van der Waals surface area contributed by atoms with E-state index in [2.05, 4.69) is 15.1 Å². The Morgan fingerprint density at radius 1 is 1.20 bits per heavy atom. The molecule has 0 aliphatic heterocycles. The molecule has 0 saturated heterocycles. The predicted octanol–water partition coefficient (Wildman–Crippen LogP) is 2.95. The first-order valence-electron chi connectivity index (χ1n) is 5.90. The Balaban J connectivity index is 2.02. The quantitative estimate of drug-likeness (QED) is 0.775. The zero-order valence-corrected chi connectivity index (χ0v) is 10.5. The van der Waals surface area contributed by atoms with Crippen LogP contribution in [0.3, 0.4) is 0 Å². The van der Waals surface area contributed by atoms with Crippen LogP contribution in [-0.4, -0.2) is 20.2 Å². The largest absolute Gasteiger partial charge is 0.507 e. The van der Waals surface area contributed by atoms with Crippen LogP contribution in [0, 0.1) is 12.7 Å². The van der Waals surface area contributed by atoms with E-state index in [0.717, 1.165) is 6.20 Å². The van der Waals surface area contributed by atoms with Gasteiger partial charge in [0.25, 0.3) is 5.89 Å². The van der Waals surface area contributed by atoms with Crippen molar-refractivity contribution in [2.45, 2.75) is 6.92 Å². The second kappa shape index (κ2) is 4.73. The second-order valence-corrected chi connectivity index (χ2v) is 4.26. The van der Waals surface area contributed by atoms with Gasteiger partial charge in [0.1, 0.15) is 17.3 Å². The molecule has 0 fully saturated rings. The minimum absolute atomic E-state index is 0.0924. The third-order valence-corrected chi connectivity index (χ3v) is 2.85. The Morgan fingerprint density at radius 3 is 2.80 bits per heavy atom. The number of pyridine rings is 1. The zero-order chi connectivity index (χ0) is 14.1. The Hall–Kier alpha value is -2.76. The summed E-state index contributed by atoms with van der Waals surface area (Å²) < 4.78 is 17.9. The highest BCUT2D eigenvalue weighted by Crippen LogP contribution is 2.31. The van der Waals surface area contributed by atoms with Crippen molar-refractivity contribution in [3.05, 3.63) is 47.9 Å². The number of hydrogen-bond acceptors (Lipinski definition) is 5. The molecule has 0 amide bonds. The predicted molar refractivity (Wildman–Crippen MR) is 69.3 cm³/mol. The number of rotatable bonds is 2. The molecule has 3 aromatic rings. The van der Waals surface area contributed by atoms with Gasteiger partial charge in [0.05, 0.1) is 11.8 Å². The number of nitrogens with zero attached hydrogens (tertiary/aromatic N) is 3. The van der Waals surface area contributed by atoms with Crippen LogP contribution >= 0.6 is 0 Å². The lowest BCUT2D eigenvalue weighted by Crippen LogP contribution is -1.87. The molecule has 0 unspecified atom stereocenters. The summed E-state index contributed by atoms with van der Waals surface area (Å²) in [6.45, 7) is 1.78. The molecule has 0 spiro atoms. The van der Waals surface area contributed by atoms with Crippen LogP contribution in [0.15, 0.2) is 41.1 Å². The van der Waals surface area contributed by atoms with Gasteiger partial charge in [0.2, 0.25) is 5.82 Å². The first-order valence-corrected chi connectivity index (χ1v) is 5.90. The lowest BCUT2D eigenvalue weighted by molar-refractivity contribution is 0.425. The van der Waals surface area contributed by atoms with E-state index in [0.29, 0.717) is 16.8 Å². The van der Waals surface area contributed by atoms with Crippen LogP contribution in [0.25, 0.3) is 23.0 Å². The fourth-order valence-corrected chi connectivity index (χ4v) is 1.78. The van der Waals surface area contributed by atoms with Crippen molar-refractivity contribution in [2.75, 3.05) is 0 Å². The number of halogens is 1. The molecule has 5 nitrogen and oxygen atoms in total. The highest BCUT2D eigenvalue weighted by Gasteiger charge is 2.15. The summed E-state index contributed by atoms with van der Waals surface area (Å²) in [6.07, 6.45) is 1.08. The number of phenols is 1. The first-order chi connectivity index (χ1) is 9.65. The third-order valence-electron chi connectivity index (χ3n) is 2.85. The van der Waals surface area contributed by atoms with Gasteiger partial charge in [-0.05, 0) is 30.7 Å². The molecule has 20 heavy (non-hydrogen) atoms. The maximum atomic E-state index is 12.8. The maximum Gasteiger partial charge on any atom is 0.262 e. The summed E-state index contributed by atoms with van der Waals surface area (Å²) in [5.74, 6) is 0.0804. The van der Waals surface area contributed by atoms with Gasteiger partial charge < -0.3 is 9.63 Å². The van der Waals surface area contributed by atoms with Crippen molar-refractivity contribution < 1.29 is 14.0 Å². The van der Waals surface area contributed by atoms with Gasteiger partial charge in [-0.3, -0.25) is 0 Å². The van der Waals surface area contributed by atoms with Crippen LogP contribution in [0.5, 0.6) is 5.75 Å². The van der Waals surface area contributed by atoms with Crippen LogP contribution in [0.4, 0.5) is 4.39 Å². The van der Waals surface area contributed by atoms with Crippen LogP contribution < -0.4 is 0 Å². The molecule has 0 aliphatic rings. The number of aromatic nitrogens is 3. The molecule has 3 rings (SSSR count). The van der Waals surface area contributed by atoms with E-state index in [1.165, 1.54) is 12.1 Å². The van der Waals surface area contributed by atoms with E-state index in [1.54, 1.807) is 25.1 Å². The van der Waals surface area contributed by atoms with Gasteiger partial charge in [-0.1, -0.05) is 17.3 Å². The monoisotopic (exact) mass is 271 g/mol. The maximum absolute atomic E-state index is 12.8. The summed E-state index contributed by atoms with van der Waals surface area (Å²) in [6, 6.07) is 7.96.